The number of hydrogen-bond acceptors (Lipinski definition) is 4. The average molecular weight is 392 g/mol. The second-order valence-electron chi connectivity index (χ2n) is 4.74. The standard InChI is InChI=1S/C17H11BrFNO2S/c18-13-3-6-16(12(7-13)8-21)22-9-15-10-23-17(20-15)11-1-4-14(19)5-2-11/h1-8,10H,9H2. The number of nitrogens with zero attached hydrogens (tertiary/aromatic N) is 1. The van der Waals surface area contributed by atoms with Crippen LogP contribution in [0.2, 0.25) is 0 Å². The van der Waals surface area contributed by atoms with E-state index in [0.717, 1.165) is 27.0 Å². The third kappa shape index (κ3) is 3.83. The molecule has 3 nitrogen and oxygen atoms in total. The van der Waals surface area contributed by atoms with Crippen LogP contribution in [0.15, 0.2) is 52.3 Å². The van der Waals surface area contributed by atoms with Gasteiger partial charge >= 0.3 is 0 Å². The fourth-order valence-electron chi connectivity index (χ4n) is 1.99. The topological polar surface area (TPSA) is 39.2 Å². The number of benzene rings is 2. The summed E-state index contributed by atoms with van der Waals surface area (Å²) < 4.78 is 19.4. The molecule has 0 atom stereocenters. The molecule has 1 heterocycles. The molecule has 6 heteroatoms. The summed E-state index contributed by atoms with van der Waals surface area (Å²) in [7, 11) is 0. The Bertz CT molecular complexity index is 833. The third-order valence-electron chi connectivity index (χ3n) is 3.12. The minimum absolute atomic E-state index is 0.264. The number of hydrogen-bond donors (Lipinski definition) is 0. The monoisotopic (exact) mass is 391 g/mol. The van der Waals surface area contributed by atoms with Crippen molar-refractivity contribution >= 4 is 33.6 Å². The Labute approximate surface area is 144 Å². The first-order chi connectivity index (χ1) is 11.2. The van der Waals surface area contributed by atoms with Crippen molar-refractivity contribution in [3.05, 3.63) is 69.4 Å². The van der Waals surface area contributed by atoms with Crippen molar-refractivity contribution in [1.82, 2.24) is 4.98 Å². The zero-order valence-corrected chi connectivity index (χ0v) is 14.2. The van der Waals surface area contributed by atoms with Gasteiger partial charge in [0.05, 0.1) is 11.3 Å². The molecule has 0 bridgehead atoms. The highest BCUT2D eigenvalue weighted by Gasteiger charge is 2.08. The Balaban J connectivity index is 1.72. The van der Waals surface area contributed by atoms with E-state index < -0.39 is 0 Å². The van der Waals surface area contributed by atoms with Crippen molar-refractivity contribution in [2.75, 3.05) is 0 Å². The molecule has 0 N–H and O–H groups in total. The van der Waals surface area contributed by atoms with Gasteiger partial charge in [0, 0.05) is 15.4 Å². The quantitative estimate of drug-likeness (QED) is 0.567. The molecule has 0 amide bonds. The van der Waals surface area contributed by atoms with Gasteiger partial charge in [-0.2, -0.15) is 0 Å². The van der Waals surface area contributed by atoms with Gasteiger partial charge in [-0.25, -0.2) is 9.37 Å². The third-order valence-corrected chi connectivity index (χ3v) is 4.55. The maximum Gasteiger partial charge on any atom is 0.153 e. The van der Waals surface area contributed by atoms with Crippen LogP contribution >= 0.6 is 27.3 Å². The first-order valence-electron chi connectivity index (χ1n) is 6.73. The summed E-state index contributed by atoms with van der Waals surface area (Å²) >= 11 is 4.78. The molecule has 0 spiro atoms. The van der Waals surface area contributed by atoms with E-state index in [-0.39, 0.29) is 12.4 Å². The van der Waals surface area contributed by atoms with Gasteiger partial charge in [0.15, 0.2) is 6.29 Å². The van der Waals surface area contributed by atoms with Crippen LogP contribution in [0.3, 0.4) is 0 Å². The van der Waals surface area contributed by atoms with Gasteiger partial charge in [-0.15, -0.1) is 11.3 Å². The Morgan fingerprint density at radius 2 is 2.00 bits per heavy atom. The molecule has 23 heavy (non-hydrogen) atoms. The number of ether oxygens (including phenoxy) is 1. The Morgan fingerprint density at radius 1 is 1.22 bits per heavy atom. The highest BCUT2D eigenvalue weighted by atomic mass is 79.9. The van der Waals surface area contributed by atoms with E-state index >= 15 is 0 Å². The largest absolute Gasteiger partial charge is 0.487 e. The van der Waals surface area contributed by atoms with E-state index in [1.807, 2.05) is 11.4 Å². The highest BCUT2D eigenvalue weighted by Crippen LogP contribution is 2.26. The lowest BCUT2D eigenvalue weighted by atomic mass is 10.2. The number of aldehydes is 1. The van der Waals surface area contributed by atoms with E-state index in [0.29, 0.717) is 11.3 Å². The molecule has 0 aliphatic heterocycles. The molecule has 0 unspecified atom stereocenters. The average Bonchev–Trinajstić information content (AvgIpc) is 3.03. The summed E-state index contributed by atoms with van der Waals surface area (Å²) in [6.07, 6.45) is 0.755. The van der Waals surface area contributed by atoms with Crippen LogP contribution in [-0.4, -0.2) is 11.3 Å². The van der Waals surface area contributed by atoms with Crippen LogP contribution in [0.5, 0.6) is 5.75 Å². The zero-order chi connectivity index (χ0) is 16.2. The fraction of sp³-hybridized carbons (Fsp3) is 0.0588. The van der Waals surface area contributed by atoms with E-state index in [2.05, 4.69) is 20.9 Å². The first kappa shape index (κ1) is 15.8. The van der Waals surface area contributed by atoms with Crippen LogP contribution < -0.4 is 4.74 Å². The fourth-order valence-corrected chi connectivity index (χ4v) is 3.18. The number of aromatic nitrogens is 1. The minimum Gasteiger partial charge on any atom is -0.487 e. The molecule has 3 aromatic rings. The van der Waals surface area contributed by atoms with E-state index in [9.17, 15) is 9.18 Å². The molecule has 2 aromatic carbocycles. The molecule has 0 saturated carbocycles. The van der Waals surface area contributed by atoms with E-state index in [1.165, 1.54) is 23.5 Å². The molecule has 0 saturated heterocycles. The van der Waals surface area contributed by atoms with Gasteiger partial charge in [-0.3, -0.25) is 4.79 Å². The maximum atomic E-state index is 12.9. The Morgan fingerprint density at radius 3 is 2.74 bits per heavy atom. The maximum absolute atomic E-state index is 12.9. The number of halogens is 2. The Kier molecular flexibility index (Phi) is 4.83. The summed E-state index contributed by atoms with van der Waals surface area (Å²) in [5.41, 5.74) is 2.10. The summed E-state index contributed by atoms with van der Waals surface area (Å²) in [5.74, 6) is 0.241. The lowest BCUT2D eigenvalue weighted by molar-refractivity contribution is 0.111. The molecule has 0 radical (unpaired) electrons. The predicted octanol–water partition coefficient (Wildman–Crippen LogP) is 5.10. The summed E-state index contributed by atoms with van der Waals surface area (Å²) in [6, 6.07) is 11.5. The van der Waals surface area contributed by atoms with Crippen LogP contribution in [-0.2, 0) is 6.61 Å². The van der Waals surface area contributed by atoms with Crippen molar-refractivity contribution < 1.29 is 13.9 Å². The number of thiazole rings is 1. The second-order valence-corrected chi connectivity index (χ2v) is 6.51. The Hall–Kier alpha value is -2.05. The summed E-state index contributed by atoms with van der Waals surface area (Å²) in [6.45, 7) is 0.264. The zero-order valence-electron chi connectivity index (χ0n) is 11.8. The van der Waals surface area contributed by atoms with Gasteiger partial charge in [-0.1, -0.05) is 15.9 Å². The van der Waals surface area contributed by atoms with E-state index in [4.69, 9.17) is 4.74 Å². The van der Waals surface area contributed by atoms with Crippen molar-refractivity contribution in [3.8, 4) is 16.3 Å². The number of carbonyl (C=O) groups excluding carboxylic acids is 1. The lowest BCUT2D eigenvalue weighted by Crippen LogP contribution is -1.98. The predicted molar refractivity (Wildman–Crippen MR) is 91.4 cm³/mol. The smallest absolute Gasteiger partial charge is 0.153 e. The van der Waals surface area contributed by atoms with Gasteiger partial charge < -0.3 is 4.74 Å². The molecule has 0 aliphatic carbocycles. The van der Waals surface area contributed by atoms with Gasteiger partial charge in [0.2, 0.25) is 0 Å². The second kappa shape index (κ2) is 7.02. The van der Waals surface area contributed by atoms with Crippen molar-refractivity contribution in [2.45, 2.75) is 6.61 Å². The van der Waals surface area contributed by atoms with Crippen molar-refractivity contribution in [1.29, 1.82) is 0 Å². The summed E-state index contributed by atoms with van der Waals surface area (Å²) in [5, 5.41) is 2.69. The van der Waals surface area contributed by atoms with Crippen LogP contribution in [0.1, 0.15) is 16.1 Å². The highest BCUT2D eigenvalue weighted by molar-refractivity contribution is 9.10. The molecule has 3 rings (SSSR count). The normalized spacial score (nSPS) is 10.5. The molecule has 0 aliphatic rings. The minimum atomic E-state index is -0.273. The first-order valence-corrected chi connectivity index (χ1v) is 8.41. The molecule has 1 aromatic heterocycles. The molecule has 0 fully saturated rings. The number of carbonyl (C=O) groups is 1. The molecular weight excluding hydrogens is 381 g/mol. The summed E-state index contributed by atoms with van der Waals surface area (Å²) in [4.78, 5) is 15.5. The van der Waals surface area contributed by atoms with Crippen molar-refractivity contribution in [3.63, 3.8) is 0 Å². The van der Waals surface area contributed by atoms with Crippen LogP contribution in [0.25, 0.3) is 10.6 Å². The van der Waals surface area contributed by atoms with E-state index in [1.54, 1.807) is 24.3 Å². The van der Waals surface area contributed by atoms with Crippen molar-refractivity contribution in [2.24, 2.45) is 0 Å². The van der Waals surface area contributed by atoms with Gasteiger partial charge in [0.1, 0.15) is 23.2 Å². The van der Waals surface area contributed by atoms with Crippen LogP contribution in [0.4, 0.5) is 4.39 Å². The van der Waals surface area contributed by atoms with Crippen LogP contribution in [0, 0.1) is 5.82 Å². The molecule has 116 valence electrons. The van der Waals surface area contributed by atoms with Gasteiger partial charge in [0.25, 0.3) is 0 Å². The number of rotatable bonds is 5. The SMILES string of the molecule is O=Cc1cc(Br)ccc1OCc1csc(-c2ccc(F)cc2)n1. The van der Waals surface area contributed by atoms with Gasteiger partial charge in [-0.05, 0) is 42.5 Å². The molecular formula is C17H11BrFNO2S. The lowest BCUT2D eigenvalue weighted by Gasteiger charge is -2.07.